The van der Waals surface area contributed by atoms with Gasteiger partial charge in [0.05, 0.1) is 5.56 Å². The molecular weight excluding hydrogens is 384 g/mol. The summed E-state index contributed by atoms with van der Waals surface area (Å²) >= 11 is 1.47. The van der Waals surface area contributed by atoms with E-state index < -0.39 is 5.91 Å². The third kappa shape index (κ3) is 4.64. The van der Waals surface area contributed by atoms with Crippen LogP contribution < -0.4 is 15.8 Å². The minimum Gasteiger partial charge on any atom is -0.484 e. The maximum atomic E-state index is 12.4. The molecular formula is C23H28N2O3S. The molecule has 1 heterocycles. The third-order valence-electron chi connectivity index (χ3n) is 6.00. The number of nitrogens with one attached hydrogen (secondary N) is 1. The number of hydrogen-bond acceptors (Lipinski definition) is 4. The molecule has 154 valence electrons. The van der Waals surface area contributed by atoms with Crippen LogP contribution in [0.3, 0.4) is 0 Å². The van der Waals surface area contributed by atoms with Gasteiger partial charge in [0.15, 0.2) is 6.61 Å². The van der Waals surface area contributed by atoms with Crippen LogP contribution in [0, 0.1) is 0 Å². The van der Waals surface area contributed by atoms with Gasteiger partial charge in [-0.3, -0.25) is 9.59 Å². The molecule has 0 spiro atoms. The van der Waals surface area contributed by atoms with E-state index in [4.69, 9.17) is 10.5 Å². The van der Waals surface area contributed by atoms with Gasteiger partial charge in [0.2, 0.25) is 0 Å². The number of hydrogen-bond donors (Lipinski definition) is 2. The van der Waals surface area contributed by atoms with Crippen LogP contribution in [0.15, 0.2) is 24.3 Å². The molecule has 1 saturated carbocycles. The van der Waals surface area contributed by atoms with Crippen LogP contribution in [0.25, 0.3) is 0 Å². The first-order valence-electron chi connectivity index (χ1n) is 10.6. The van der Waals surface area contributed by atoms with Crippen molar-refractivity contribution in [2.45, 2.75) is 63.7 Å². The van der Waals surface area contributed by atoms with Crippen LogP contribution in [0.4, 0.5) is 5.00 Å². The predicted octanol–water partition coefficient (Wildman–Crippen LogP) is 4.79. The smallest absolute Gasteiger partial charge is 0.262 e. The Morgan fingerprint density at radius 2 is 1.76 bits per heavy atom. The second-order valence-corrected chi connectivity index (χ2v) is 9.13. The van der Waals surface area contributed by atoms with Crippen LogP contribution in [0.2, 0.25) is 0 Å². The van der Waals surface area contributed by atoms with Crippen LogP contribution in [-0.4, -0.2) is 18.4 Å². The SMILES string of the molecule is NC(=O)c1c(NC(=O)COc2ccc(C3CCCCC3)cc2)sc2c1CCCC2. The first-order valence-corrected chi connectivity index (χ1v) is 11.4. The standard InChI is InChI=1S/C23H28N2O3S/c24-22(27)21-18-8-4-5-9-19(18)29-23(21)25-20(26)14-28-17-12-10-16(11-13-17)15-6-2-1-3-7-15/h10-13,15H,1-9,14H2,(H2,24,27)(H,25,26). The molecule has 2 aliphatic carbocycles. The Morgan fingerprint density at radius 3 is 2.48 bits per heavy atom. The molecule has 4 rings (SSSR count). The number of anilines is 1. The average molecular weight is 413 g/mol. The Labute approximate surface area is 175 Å². The lowest BCUT2D eigenvalue weighted by Crippen LogP contribution is -2.22. The zero-order valence-corrected chi connectivity index (χ0v) is 17.5. The van der Waals surface area contributed by atoms with Gasteiger partial charge in [-0.1, -0.05) is 31.4 Å². The van der Waals surface area contributed by atoms with Gasteiger partial charge in [0.1, 0.15) is 10.8 Å². The zero-order valence-electron chi connectivity index (χ0n) is 16.7. The third-order valence-corrected chi connectivity index (χ3v) is 7.20. The minimum atomic E-state index is -0.473. The Balaban J connectivity index is 1.36. The van der Waals surface area contributed by atoms with Crippen molar-refractivity contribution in [3.05, 3.63) is 45.8 Å². The molecule has 29 heavy (non-hydrogen) atoms. The second-order valence-electron chi connectivity index (χ2n) is 8.02. The molecule has 2 aromatic rings. The molecule has 0 radical (unpaired) electrons. The average Bonchev–Trinajstić information content (AvgIpc) is 3.11. The van der Waals surface area contributed by atoms with Gasteiger partial charge in [-0.25, -0.2) is 0 Å². The first kappa shape index (κ1) is 20.0. The molecule has 0 bridgehead atoms. The van der Waals surface area contributed by atoms with E-state index in [-0.39, 0.29) is 12.5 Å². The quantitative estimate of drug-likeness (QED) is 0.716. The van der Waals surface area contributed by atoms with E-state index in [2.05, 4.69) is 17.4 Å². The number of ether oxygens (including phenoxy) is 1. The Kier molecular flexibility index (Phi) is 6.19. The molecule has 1 aromatic carbocycles. The van der Waals surface area contributed by atoms with Crippen molar-refractivity contribution in [1.82, 2.24) is 0 Å². The van der Waals surface area contributed by atoms with Crippen molar-refractivity contribution in [3.8, 4) is 5.75 Å². The van der Waals surface area contributed by atoms with Crippen molar-refractivity contribution < 1.29 is 14.3 Å². The molecule has 2 amide bonds. The second kappa shape index (κ2) is 8.99. The lowest BCUT2D eigenvalue weighted by Gasteiger charge is -2.22. The number of fused-ring (bicyclic) bond motifs is 1. The molecule has 6 heteroatoms. The van der Waals surface area contributed by atoms with Crippen LogP contribution in [-0.2, 0) is 17.6 Å². The summed E-state index contributed by atoms with van der Waals surface area (Å²) in [6.07, 6.45) is 10.4. The number of amides is 2. The summed E-state index contributed by atoms with van der Waals surface area (Å²) in [5.74, 6) is 0.583. The van der Waals surface area contributed by atoms with Crippen LogP contribution in [0.1, 0.15) is 77.2 Å². The Morgan fingerprint density at radius 1 is 1.03 bits per heavy atom. The highest BCUT2D eigenvalue weighted by molar-refractivity contribution is 7.17. The largest absolute Gasteiger partial charge is 0.484 e. The van der Waals surface area contributed by atoms with E-state index >= 15 is 0 Å². The summed E-state index contributed by atoms with van der Waals surface area (Å²) in [6, 6.07) is 8.11. The molecule has 1 fully saturated rings. The summed E-state index contributed by atoms with van der Waals surface area (Å²) in [4.78, 5) is 25.5. The number of primary amides is 1. The normalized spacial score (nSPS) is 16.8. The van der Waals surface area contributed by atoms with Crippen LogP contribution >= 0.6 is 11.3 Å². The highest BCUT2D eigenvalue weighted by atomic mass is 32.1. The van der Waals surface area contributed by atoms with Crippen molar-refractivity contribution in [2.24, 2.45) is 5.73 Å². The fourth-order valence-corrected chi connectivity index (χ4v) is 5.81. The topological polar surface area (TPSA) is 81.4 Å². The molecule has 5 nitrogen and oxygen atoms in total. The first-order chi connectivity index (χ1) is 14.1. The summed E-state index contributed by atoms with van der Waals surface area (Å²) in [7, 11) is 0. The number of rotatable bonds is 6. The van der Waals surface area contributed by atoms with Gasteiger partial charge in [-0.2, -0.15) is 0 Å². The number of carbonyl (C=O) groups is 2. The maximum absolute atomic E-state index is 12.4. The molecule has 0 aliphatic heterocycles. The van der Waals surface area contributed by atoms with Crippen molar-refractivity contribution in [3.63, 3.8) is 0 Å². The Bertz CT molecular complexity index is 882. The highest BCUT2D eigenvalue weighted by Crippen LogP contribution is 2.38. The number of aryl methyl sites for hydroxylation is 1. The van der Waals surface area contributed by atoms with E-state index in [1.54, 1.807) is 0 Å². The molecule has 0 saturated heterocycles. The van der Waals surface area contributed by atoms with E-state index in [9.17, 15) is 9.59 Å². The van der Waals surface area contributed by atoms with Crippen molar-refractivity contribution in [1.29, 1.82) is 0 Å². The van der Waals surface area contributed by atoms with Gasteiger partial charge in [0, 0.05) is 4.88 Å². The summed E-state index contributed by atoms with van der Waals surface area (Å²) in [6.45, 7) is -0.0937. The minimum absolute atomic E-state index is 0.0937. The molecule has 2 aliphatic rings. The molecule has 0 atom stereocenters. The molecule has 3 N–H and O–H groups in total. The number of carbonyl (C=O) groups excluding carboxylic acids is 2. The molecule has 1 aromatic heterocycles. The number of thiophene rings is 1. The summed E-state index contributed by atoms with van der Waals surface area (Å²) in [5, 5.41) is 3.40. The van der Waals surface area contributed by atoms with E-state index in [0.29, 0.717) is 22.2 Å². The van der Waals surface area contributed by atoms with Gasteiger partial charge < -0.3 is 15.8 Å². The van der Waals surface area contributed by atoms with E-state index in [1.165, 1.54) is 53.9 Å². The monoisotopic (exact) mass is 412 g/mol. The molecule has 0 unspecified atom stereocenters. The maximum Gasteiger partial charge on any atom is 0.262 e. The van der Waals surface area contributed by atoms with E-state index in [0.717, 1.165) is 31.2 Å². The van der Waals surface area contributed by atoms with Gasteiger partial charge in [-0.05, 0) is 67.7 Å². The fraction of sp³-hybridized carbons (Fsp3) is 0.478. The van der Waals surface area contributed by atoms with Crippen molar-refractivity contribution >= 4 is 28.2 Å². The van der Waals surface area contributed by atoms with Gasteiger partial charge >= 0.3 is 0 Å². The number of benzene rings is 1. The van der Waals surface area contributed by atoms with Gasteiger partial charge in [-0.15, -0.1) is 11.3 Å². The zero-order chi connectivity index (χ0) is 20.2. The highest BCUT2D eigenvalue weighted by Gasteiger charge is 2.25. The fourth-order valence-electron chi connectivity index (χ4n) is 4.50. The number of nitrogens with two attached hydrogens (primary N) is 1. The Hall–Kier alpha value is -2.34. The van der Waals surface area contributed by atoms with Gasteiger partial charge in [0.25, 0.3) is 11.8 Å². The lowest BCUT2D eigenvalue weighted by molar-refractivity contribution is -0.118. The van der Waals surface area contributed by atoms with Crippen molar-refractivity contribution in [2.75, 3.05) is 11.9 Å². The summed E-state index contributed by atoms with van der Waals surface area (Å²) < 4.78 is 5.66. The predicted molar refractivity (Wildman–Crippen MR) is 116 cm³/mol. The van der Waals surface area contributed by atoms with E-state index in [1.807, 2.05) is 12.1 Å². The summed E-state index contributed by atoms with van der Waals surface area (Å²) in [5.41, 5.74) is 8.44. The lowest BCUT2D eigenvalue weighted by atomic mass is 9.84. The van der Waals surface area contributed by atoms with Crippen LogP contribution in [0.5, 0.6) is 5.75 Å².